The first-order chi connectivity index (χ1) is 11.2. The van der Waals surface area contributed by atoms with Gasteiger partial charge in [-0.2, -0.15) is 0 Å². The van der Waals surface area contributed by atoms with Crippen molar-refractivity contribution < 1.29 is 29.2 Å². The van der Waals surface area contributed by atoms with Crippen molar-refractivity contribution in [2.75, 3.05) is 20.8 Å². The van der Waals surface area contributed by atoms with Gasteiger partial charge in [0.1, 0.15) is 6.10 Å². The average molecular weight is 316 g/mol. The summed E-state index contributed by atoms with van der Waals surface area (Å²) in [6.45, 7) is 0.344. The molecule has 2 aliphatic heterocycles. The molecule has 0 aromatic heterocycles. The van der Waals surface area contributed by atoms with Crippen molar-refractivity contribution in [3.63, 3.8) is 0 Å². The number of phenols is 2. The van der Waals surface area contributed by atoms with Crippen molar-refractivity contribution in [1.29, 1.82) is 0 Å². The molecular formula is C17H16O6. The number of hydrogen-bond acceptors (Lipinski definition) is 6. The van der Waals surface area contributed by atoms with Crippen LogP contribution in [0.3, 0.4) is 0 Å². The Morgan fingerprint density at radius 2 is 1.52 bits per heavy atom. The van der Waals surface area contributed by atoms with Crippen LogP contribution in [0.5, 0.6) is 34.5 Å². The van der Waals surface area contributed by atoms with E-state index in [4.69, 9.17) is 18.9 Å². The molecule has 6 heteroatoms. The number of ether oxygens (including phenoxy) is 4. The topological polar surface area (TPSA) is 77.4 Å². The van der Waals surface area contributed by atoms with Crippen molar-refractivity contribution in [3.8, 4) is 34.5 Å². The van der Waals surface area contributed by atoms with Crippen LogP contribution in [0.4, 0.5) is 0 Å². The van der Waals surface area contributed by atoms with Gasteiger partial charge in [0, 0.05) is 11.1 Å². The number of methoxy groups -OCH3 is 2. The van der Waals surface area contributed by atoms with Gasteiger partial charge >= 0.3 is 0 Å². The molecule has 2 N–H and O–H groups in total. The van der Waals surface area contributed by atoms with Crippen LogP contribution in [-0.2, 0) is 0 Å². The molecule has 0 saturated carbocycles. The lowest BCUT2D eigenvalue weighted by atomic mass is 9.89. The second-order valence-corrected chi connectivity index (χ2v) is 5.53. The van der Waals surface area contributed by atoms with Crippen molar-refractivity contribution in [2.45, 2.75) is 12.0 Å². The summed E-state index contributed by atoms with van der Waals surface area (Å²) >= 11 is 0. The molecule has 23 heavy (non-hydrogen) atoms. The minimum absolute atomic E-state index is 0.0151. The molecule has 6 nitrogen and oxygen atoms in total. The molecule has 120 valence electrons. The highest BCUT2D eigenvalue weighted by Crippen LogP contribution is 2.57. The van der Waals surface area contributed by atoms with Crippen LogP contribution in [0.2, 0.25) is 0 Å². The maximum absolute atomic E-state index is 10.3. The van der Waals surface area contributed by atoms with Crippen molar-refractivity contribution in [1.82, 2.24) is 0 Å². The van der Waals surface area contributed by atoms with Gasteiger partial charge in [-0.05, 0) is 18.2 Å². The van der Waals surface area contributed by atoms with Crippen LogP contribution < -0.4 is 18.9 Å². The van der Waals surface area contributed by atoms with Gasteiger partial charge in [-0.3, -0.25) is 0 Å². The molecule has 0 saturated heterocycles. The fourth-order valence-electron chi connectivity index (χ4n) is 3.26. The summed E-state index contributed by atoms with van der Waals surface area (Å²) in [5.74, 6) is 1.38. The van der Waals surface area contributed by atoms with Crippen LogP contribution in [-0.4, -0.2) is 31.0 Å². The Labute approximate surface area is 132 Å². The van der Waals surface area contributed by atoms with E-state index in [-0.39, 0.29) is 23.5 Å². The highest BCUT2D eigenvalue weighted by Gasteiger charge is 2.43. The smallest absolute Gasteiger partial charge is 0.201 e. The third kappa shape index (κ3) is 1.81. The first-order valence-corrected chi connectivity index (χ1v) is 7.24. The summed E-state index contributed by atoms with van der Waals surface area (Å²) in [5.41, 5.74) is 1.60. The number of rotatable bonds is 2. The van der Waals surface area contributed by atoms with Crippen molar-refractivity contribution >= 4 is 0 Å². The highest BCUT2D eigenvalue weighted by atomic mass is 16.5. The average Bonchev–Trinajstić information content (AvgIpc) is 2.95. The zero-order chi connectivity index (χ0) is 16.1. The van der Waals surface area contributed by atoms with Crippen LogP contribution in [0, 0.1) is 0 Å². The second kappa shape index (κ2) is 4.87. The molecular weight excluding hydrogens is 300 g/mol. The van der Waals surface area contributed by atoms with Crippen molar-refractivity contribution in [3.05, 3.63) is 35.4 Å². The van der Waals surface area contributed by atoms with Gasteiger partial charge in [-0.25, -0.2) is 0 Å². The third-order valence-corrected chi connectivity index (χ3v) is 4.41. The third-order valence-electron chi connectivity index (χ3n) is 4.41. The van der Waals surface area contributed by atoms with Gasteiger partial charge in [0.2, 0.25) is 11.5 Å². The summed E-state index contributed by atoms with van der Waals surface area (Å²) in [6, 6.07) is 7.06. The molecule has 0 bridgehead atoms. The van der Waals surface area contributed by atoms with E-state index < -0.39 is 0 Å². The van der Waals surface area contributed by atoms with Crippen LogP contribution in [0.1, 0.15) is 23.1 Å². The van der Waals surface area contributed by atoms with E-state index in [9.17, 15) is 10.2 Å². The van der Waals surface area contributed by atoms with E-state index in [1.54, 1.807) is 12.1 Å². The fourth-order valence-corrected chi connectivity index (χ4v) is 3.26. The molecule has 4 rings (SSSR count). The molecule has 2 aromatic carbocycles. The number of phenolic OH excluding ortho intramolecular Hbond substituents is 2. The molecule has 0 spiro atoms. The van der Waals surface area contributed by atoms with E-state index in [0.717, 1.165) is 11.1 Å². The number of aromatic hydroxyl groups is 2. The largest absolute Gasteiger partial charge is 0.502 e. The second-order valence-electron chi connectivity index (χ2n) is 5.53. The summed E-state index contributed by atoms with van der Waals surface area (Å²) in [6.07, 6.45) is -0.330. The Morgan fingerprint density at radius 3 is 2.17 bits per heavy atom. The number of hydrogen-bond donors (Lipinski definition) is 2. The lowest BCUT2D eigenvalue weighted by molar-refractivity contribution is 0.133. The zero-order valence-corrected chi connectivity index (χ0v) is 12.7. The maximum Gasteiger partial charge on any atom is 0.201 e. The van der Waals surface area contributed by atoms with Crippen LogP contribution in [0.25, 0.3) is 0 Å². The summed E-state index contributed by atoms with van der Waals surface area (Å²) in [4.78, 5) is 0. The molecule has 2 aliphatic rings. The molecule has 0 unspecified atom stereocenters. The molecule has 2 heterocycles. The van der Waals surface area contributed by atoms with Crippen LogP contribution in [0.15, 0.2) is 24.3 Å². The lowest BCUT2D eigenvalue weighted by Gasteiger charge is -2.28. The van der Waals surface area contributed by atoms with E-state index in [0.29, 0.717) is 29.6 Å². The van der Waals surface area contributed by atoms with E-state index in [2.05, 4.69) is 0 Å². The SMILES string of the molecule is COc1ccc2c(c1O)O[C@@H]1c3ccc(OC)c(O)c3OC[C@H]21. The Bertz CT molecular complexity index is 785. The monoisotopic (exact) mass is 316 g/mol. The van der Waals surface area contributed by atoms with Gasteiger partial charge in [-0.15, -0.1) is 0 Å². The maximum atomic E-state index is 10.3. The van der Waals surface area contributed by atoms with E-state index in [1.165, 1.54) is 14.2 Å². The molecule has 2 aromatic rings. The van der Waals surface area contributed by atoms with Gasteiger partial charge in [-0.1, -0.05) is 6.07 Å². The Balaban J connectivity index is 1.81. The summed E-state index contributed by atoms with van der Waals surface area (Å²) in [7, 11) is 2.98. The predicted octanol–water partition coefficient (Wildman–Crippen LogP) is 2.72. The van der Waals surface area contributed by atoms with E-state index >= 15 is 0 Å². The first kappa shape index (κ1) is 13.9. The predicted molar refractivity (Wildman–Crippen MR) is 80.9 cm³/mol. The minimum atomic E-state index is -0.330. The number of fused-ring (bicyclic) bond motifs is 5. The Morgan fingerprint density at radius 1 is 0.913 bits per heavy atom. The highest BCUT2D eigenvalue weighted by molar-refractivity contribution is 5.62. The van der Waals surface area contributed by atoms with E-state index in [1.807, 2.05) is 12.1 Å². The van der Waals surface area contributed by atoms with Gasteiger partial charge in [0.05, 0.1) is 26.7 Å². The molecule has 2 atom stereocenters. The lowest BCUT2D eigenvalue weighted by Crippen LogP contribution is -2.23. The minimum Gasteiger partial charge on any atom is -0.502 e. The molecule has 0 radical (unpaired) electrons. The Kier molecular flexibility index (Phi) is 2.94. The van der Waals surface area contributed by atoms with Crippen molar-refractivity contribution in [2.24, 2.45) is 0 Å². The van der Waals surface area contributed by atoms with Gasteiger partial charge in [0.25, 0.3) is 0 Å². The Hall–Kier alpha value is -2.76. The summed E-state index contributed by atoms with van der Waals surface area (Å²) < 4.78 is 21.9. The number of benzene rings is 2. The molecule has 0 aliphatic carbocycles. The molecule has 0 amide bonds. The normalized spacial score (nSPS) is 20.6. The standard InChI is InChI=1S/C17H16O6/c1-20-11-6-4-9-15-10(7-22-16(9)13(11)18)8-3-5-12(21-2)14(19)17(8)23-15/h3-6,10,15,18-19H,7H2,1-2H3/t10-,15-/m1/s1. The first-order valence-electron chi connectivity index (χ1n) is 7.24. The van der Waals surface area contributed by atoms with Gasteiger partial charge < -0.3 is 29.2 Å². The quantitative estimate of drug-likeness (QED) is 0.887. The fraction of sp³-hybridized carbons (Fsp3) is 0.294. The van der Waals surface area contributed by atoms with Gasteiger partial charge in [0.15, 0.2) is 23.0 Å². The summed E-state index contributed by atoms with van der Waals surface area (Å²) in [5, 5.41) is 20.5. The molecule has 0 fully saturated rings. The van der Waals surface area contributed by atoms with Crippen LogP contribution >= 0.6 is 0 Å². The zero-order valence-electron chi connectivity index (χ0n) is 12.7.